The Balaban J connectivity index is 3.43. The molecule has 0 spiro atoms. The van der Waals surface area contributed by atoms with Gasteiger partial charge in [0.15, 0.2) is 0 Å². The number of carbonyl (C=O) groups excluding carboxylic acids is 1. The van der Waals surface area contributed by atoms with Crippen molar-refractivity contribution >= 4 is 5.91 Å². The lowest BCUT2D eigenvalue weighted by atomic mass is 10.1. The van der Waals surface area contributed by atoms with Gasteiger partial charge >= 0.3 is 0 Å². The van der Waals surface area contributed by atoms with Crippen LogP contribution in [0.25, 0.3) is 0 Å². The second-order valence-electron chi connectivity index (χ2n) is 4.53. The Kier molecular flexibility index (Phi) is 9.24. The summed E-state index contributed by atoms with van der Waals surface area (Å²) in [6.45, 7) is 4.96. The summed E-state index contributed by atoms with van der Waals surface area (Å²) < 4.78 is 0. The normalized spacial score (nSPS) is 14.5. The maximum Gasteiger partial charge on any atom is 0.221 e. The van der Waals surface area contributed by atoms with Gasteiger partial charge in [0, 0.05) is 25.6 Å². The molecule has 1 amide bonds. The van der Waals surface area contributed by atoms with Crippen LogP contribution in [0.3, 0.4) is 0 Å². The number of carbonyl (C=O) groups is 1. The monoisotopic (exact) mass is 230 g/mol. The van der Waals surface area contributed by atoms with Crippen molar-refractivity contribution in [2.45, 2.75) is 52.0 Å². The zero-order valence-corrected chi connectivity index (χ0v) is 10.5. The van der Waals surface area contributed by atoms with E-state index in [9.17, 15) is 4.79 Å². The van der Waals surface area contributed by atoms with Crippen molar-refractivity contribution in [2.24, 2.45) is 11.7 Å². The molecule has 0 aromatic carbocycles. The molecule has 0 saturated heterocycles. The molecule has 0 aromatic heterocycles. The number of hydrogen-bond donors (Lipinski definition) is 3. The highest BCUT2D eigenvalue weighted by Crippen LogP contribution is 2.03. The number of nitrogens with two attached hydrogens (primary N) is 1. The van der Waals surface area contributed by atoms with E-state index in [-0.39, 0.29) is 18.6 Å². The van der Waals surface area contributed by atoms with Gasteiger partial charge in [0.25, 0.3) is 0 Å². The molecule has 0 aliphatic rings. The van der Waals surface area contributed by atoms with Gasteiger partial charge in [-0.3, -0.25) is 4.79 Å². The molecular weight excluding hydrogens is 204 g/mol. The molecule has 0 aliphatic carbocycles. The summed E-state index contributed by atoms with van der Waals surface area (Å²) >= 11 is 0. The van der Waals surface area contributed by atoms with Crippen molar-refractivity contribution in [3.8, 4) is 0 Å². The molecule has 4 heteroatoms. The van der Waals surface area contributed by atoms with Crippen molar-refractivity contribution in [1.29, 1.82) is 0 Å². The predicted octanol–water partition coefficient (Wildman–Crippen LogP) is 1.03. The molecule has 0 rings (SSSR count). The topological polar surface area (TPSA) is 75.4 Å². The van der Waals surface area contributed by atoms with Crippen LogP contribution in [0.2, 0.25) is 0 Å². The Hall–Kier alpha value is -0.610. The predicted molar refractivity (Wildman–Crippen MR) is 66.0 cm³/mol. The second-order valence-corrected chi connectivity index (χ2v) is 4.53. The third-order valence-corrected chi connectivity index (χ3v) is 2.61. The highest BCUT2D eigenvalue weighted by Gasteiger charge is 2.08. The van der Waals surface area contributed by atoms with Crippen molar-refractivity contribution < 1.29 is 9.90 Å². The molecule has 0 fully saturated rings. The first-order valence-corrected chi connectivity index (χ1v) is 6.23. The maximum atomic E-state index is 11.4. The van der Waals surface area contributed by atoms with Crippen LogP contribution in [0.4, 0.5) is 0 Å². The van der Waals surface area contributed by atoms with E-state index in [2.05, 4.69) is 12.2 Å². The smallest absolute Gasteiger partial charge is 0.221 e. The van der Waals surface area contributed by atoms with Crippen LogP contribution in [0.1, 0.15) is 46.0 Å². The van der Waals surface area contributed by atoms with Gasteiger partial charge in [-0.05, 0) is 25.2 Å². The first kappa shape index (κ1) is 15.4. The Labute approximate surface area is 98.6 Å². The molecule has 0 saturated carbocycles. The number of aliphatic hydroxyl groups is 1. The SMILES string of the molecule is CCCC(N)CC(=O)NCCCC(C)CO. The zero-order chi connectivity index (χ0) is 12.4. The van der Waals surface area contributed by atoms with Crippen LogP contribution in [0, 0.1) is 5.92 Å². The molecule has 4 N–H and O–H groups in total. The van der Waals surface area contributed by atoms with E-state index in [0.29, 0.717) is 18.9 Å². The third-order valence-electron chi connectivity index (χ3n) is 2.61. The van der Waals surface area contributed by atoms with Crippen LogP contribution < -0.4 is 11.1 Å². The summed E-state index contributed by atoms with van der Waals surface area (Å²) in [5, 5.41) is 11.7. The van der Waals surface area contributed by atoms with Crippen molar-refractivity contribution in [3.05, 3.63) is 0 Å². The first-order chi connectivity index (χ1) is 7.60. The lowest BCUT2D eigenvalue weighted by Gasteiger charge is -2.11. The summed E-state index contributed by atoms with van der Waals surface area (Å²) in [6, 6.07) is -0.0126. The van der Waals surface area contributed by atoms with E-state index in [0.717, 1.165) is 25.7 Å². The summed E-state index contributed by atoms with van der Waals surface area (Å²) in [5.74, 6) is 0.358. The minimum Gasteiger partial charge on any atom is -0.396 e. The van der Waals surface area contributed by atoms with E-state index in [1.165, 1.54) is 0 Å². The minimum absolute atomic E-state index is 0.0126. The molecule has 0 radical (unpaired) electrons. The van der Waals surface area contributed by atoms with Gasteiger partial charge in [-0.25, -0.2) is 0 Å². The van der Waals surface area contributed by atoms with Crippen LogP contribution >= 0.6 is 0 Å². The molecule has 4 nitrogen and oxygen atoms in total. The van der Waals surface area contributed by atoms with Crippen LogP contribution in [-0.2, 0) is 4.79 Å². The molecule has 16 heavy (non-hydrogen) atoms. The Morgan fingerprint density at radius 1 is 1.44 bits per heavy atom. The quantitative estimate of drug-likeness (QED) is 0.518. The Bertz CT molecular complexity index is 186. The number of rotatable bonds is 9. The van der Waals surface area contributed by atoms with E-state index in [1.807, 2.05) is 6.92 Å². The molecule has 0 bridgehead atoms. The Morgan fingerprint density at radius 2 is 2.12 bits per heavy atom. The summed E-state index contributed by atoms with van der Waals surface area (Å²) in [5.41, 5.74) is 5.77. The molecule has 2 unspecified atom stereocenters. The van der Waals surface area contributed by atoms with Gasteiger partial charge < -0.3 is 16.2 Å². The van der Waals surface area contributed by atoms with E-state index in [1.54, 1.807) is 0 Å². The third kappa shape index (κ3) is 8.68. The fourth-order valence-corrected chi connectivity index (χ4v) is 1.55. The van der Waals surface area contributed by atoms with Gasteiger partial charge in [0.1, 0.15) is 0 Å². The second kappa shape index (κ2) is 9.60. The number of nitrogens with one attached hydrogen (secondary N) is 1. The van der Waals surface area contributed by atoms with Crippen molar-refractivity contribution in [2.75, 3.05) is 13.2 Å². The number of hydrogen-bond acceptors (Lipinski definition) is 3. The van der Waals surface area contributed by atoms with E-state index >= 15 is 0 Å². The molecule has 0 aliphatic heterocycles. The summed E-state index contributed by atoms with van der Waals surface area (Å²) in [6.07, 6.45) is 4.19. The minimum atomic E-state index is -0.0126. The highest BCUT2D eigenvalue weighted by atomic mass is 16.3. The number of amides is 1. The van der Waals surface area contributed by atoms with Gasteiger partial charge in [0.2, 0.25) is 5.91 Å². The van der Waals surface area contributed by atoms with E-state index in [4.69, 9.17) is 10.8 Å². The molecular formula is C12H26N2O2. The average molecular weight is 230 g/mol. The van der Waals surface area contributed by atoms with E-state index < -0.39 is 0 Å². The van der Waals surface area contributed by atoms with Gasteiger partial charge in [-0.1, -0.05) is 20.3 Å². The first-order valence-electron chi connectivity index (χ1n) is 6.23. The van der Waals surface area contributed by atoms with Crippen LogP contribution in [-0.4, -0.2) is 30.2 Å². The van der Waals surface area contributed by atoms with Crippen molar-refractivity contribution in [1.82, 2.24) is 5.32 Å². The van der Waals surface area contributed by atoms with Crippen LogP contribution in [0.15, 0.2) is 0 Å². The lowest BCUT2D eigenvalue weighted by molar-refractivity contribution is -0.121. The van der Waals surface area contributed by atoms with Crippen molar-refractivity contribution in [3.63, 3.8) is 0 Å². The molecule has 0 heterocycles. The fraction of sp³-hybridized carbons (Fsp3) is 0.917. The largest absolute Gasteiger partial charge is 0.396 e. The maximum absolute atomic E-state index is 11.4. The van der Waals surface area contributed by atoms with Crippen LogP contribution in [0.5, 0.6) is 0 Å². The Morgan fingerprint density at radius 3 is 2.69 bits per heavy atom. The standard InChI is InChI=1S/C12H26N2O2/c1-3-5-11(13)8-12(16)14-7-4-6-10(2)9-15/h10-11,15H,3-9,13H2,1-2H3,(H,14,16). The number of aliphatic hydroxyl groups excluding tert-OH is 1. The average Bonchev–Trinajstić information content (AvgIpc) is 2.24. The summed E-state index contributed by atoms with van der Waals surface area (Å²) in [4.78, 5) is 11.4. The molecule has 2 atom stereocenters. The lowest BCUT2D eigenvalue weighted by Crippen LogP contribution is -2.32. The fourth-order valence-electron chi connectivity index (χ4n) is 1.55. The molecule has 96 valence electrons. The van der Waals surface area contributed by atoms with Gasteiger partial charge in [-0.2, -0.15) is 0 Å². The van der Waals surface area contributed by atoms with Gasteiger partial charge in [0.05, 0.1) is 0 Å². The summed E-state index contributed by atoms with van der Waals surface area (Å²) in [7, 11) is 0. The van der Waals surface area contributed by atoms with Gasteiger partial charge in [-0.15, -0.1) is 0 Å². The zero-order valence-electron chi connectivity index (χ0n) is 10.5. The highest BCUT2D eigenvalue weighted by molar-refractivity contribution is 5.76. The molecule has 0 aromatic rings.